The molecule has 0 radical (unpaired) electrons. The quantitative estimate of drug-likeness (QED) is 0.782. The molecule has 0 saturated carbocycles. The van der Waals surface area contributed by atoms with Crippen LogP contribution in [0.1, 0.15) is 36.8 Å². The van der Waals surface area contributed by atoms with Crippen LogP contribution >= 0.6 is 0 Å². The monoisotopic (exact) mass is 340 g/mol. The van der Waals surface area contributed by atoms with Gasteiger partial charge in [0.25, 0.3) is 5.91 Å². The Morgan fingerprint density at radius 1 is 1.08 bits per heavy atom. The van der Waals surface area contributed by atoms with E-state index in [0.717, 1.165) is 5.69 Å². The van der Waals surface area contributed by atoms with Gasteiger partial charge in [-0.3, -0.25) is 9.78 Å². The van der Waals surface area contributed by atoms with Crippen LogP contribution in [-0.4, -0.2) is 29.0 Å². The van der Waals surface area contributed by atoms with Crippen LogP contribution in [0.4, 0.5) is 10.5 Å². The number of hydrogen-bond donors (Lipinski definition) is 3. The van der Waals surface area contributed by atoms with E-state index in [1.165, 1.54) is 0 Å². The van der Waals surface area contributed by atoms with Crippen molar-refractivity contribution in [1.29, 1.82) is 0 Å². The number of carbonyl (C=O) groups excluding carboxylic acids is 2. The Morgan fingerprint density at radius 3 is 2.56 bits per heavy atom. The van der Waals surface area contributed by atoms with E-state index in [4.69, 9.17) is 0 Å². The van der Waals surface area contributed by atoms with Crippen molar-refractivity contribution in [3.63, 3.8) is 0 Å². The van der Waals surface area contributed by atoms with Gasteiger partial charge in [0.2, 0.25) is 0 Å². The van der Waals surface area contributed by atoms with Crippen LogP contribution in [0.3, 0.4) is 0 Å². The van der Waals surface area contributed by atoms with Gasteiger partial charge in [0.1, 0.15) is 0 Å². The van der Waals surface area contributed by atoms with Crippen molar-refractivity contribution in [1.82, 2.24) is 15.6 Å². The molecule has 0 aliphatic heterocycles. The van der Waals surface area contributed by atoms with Gasteiger partial charge in [-0.2, -0.15) is 0 Å². The third-order valence-corrected chi connectivity index (χ3v) is 3.26. The van der Waals surface area contributed by atoms with Crippen molar-refractivity contribution >= 4 is 17.6 Å². The number of anilines is 1. The molecule has 3 N–H and O–H groups in total. The van der Waals surface area contributed by atoms with Crippen LogP contribution < -0.4 is 16.0 Å². The first kappa shape index (κ1) is 18.4. The minimum Gasteiger partial charge on any atom is -0.347 e. The lowest BCUT2D eigenvalue weighted by Gasteiger charge is -2.20. The lowest BCUT2D eigenvalue weighted by molar-refractivity contribution is 0.0919. The summed E-state index contributed by atoms with van der Waals surface area (Å²) < 4.78 is 0. The van der Waals surface area contributed by atoms with Crippen molar-refractivity contribution in [2.24, 2.45) is 0 Å². The zero-order valence-corrected chi connectivity index (χ0v) is 14.8. The third-order valence-electron chi connectivity index (χ3n) is 3.26. The van der Waals surface area contributed by atoms with Gasteiger partial charge in [-0.25, -0.2) is 4.79 Å². The number of hydrogen-bond acceptors (Lipinski definition) is 3. The molecule has 6 nitrogen and oxygen atoms in total. The Labute approximate surface area is 148 Å². The van der Waals surface area contributed by atoms with Gasteiger partial charge in [-0.05, 0) is 51.1 Å². The molecule has 0 aliphatic rings. The number of rotatable bonds is 5. The molecule has 25 heavy (non-hydrogen) atoms. The van der Waals surface area contributed by atoms with Crippen LogP contribution in [0.2, 0.25) is 0 Å². The van der Waals surface area contributed by atoms with Crippen molar-refractivity contribution in [2.75, 3.05) is 11.9 Å². The summed E-state index contributed by atoms with van der Waals surface area (Å²) in [7, 11) is 0. The number of nitrogens with zero attached hydrogens (tertiary/aromatic N) is 1. The van der Waals surface area contributed by atoms with E-state index in [0.29, 0.717) is 24.2 Å². The Hall–Kier alpha value is -2.89. The number of benzene rings is 1. The first-order valence-electron chi connectivity index (χ1n) is 8.21. The van der Waals surface area contributed by atoms with Crippen LogP contribution in [0.25, 0.3) is 0 Å². The highest BCUT2D eigenvalue weighted by molar-refractivity contribution is 5.97. The number of carbonyl (C=O) groups is 2. The normalized spacial score (nSPS) is 10.8. The zero-order valence-electron chi connectivity index (χ0n) is 14.8. The van der Waals surface area contributed by atoms with Crippen LogP contribution in [0, 0.1) is 0 Å². The summed E-state index contributed by atoms with van der Waals surface area (Å²) in [5, 5.41) is 8.41. The molecule has 1 aromatic carbocycles. The van der Waals surface area contributed by atoms with Gasteiger partial charge >= 0.3 is 6.03 Å². The Balaban J connectivity index is 1.86. The largest absolute Gasteiger partial charge is 0.347 e. The summed E-state index contributed by atoms with van der Waals surface area (Å²) in [6.45, 7) is 6.24. The maximum atomic E-state index is 12.2. The van der Waals surface area contributed by atoms with Gasteiger partial charge in [0.05, 0.1) is 0 Å². The van der Waals surface area contributed by atoms with E-state index >= 15 is 0 Å². The number of pyridine rings is 1. The Kier molecular flexibility index (Phi) is 6.11. The topological polar surface area (TPSA) is 83.1 Å². The molecule has 132 valence electrons. The highest BCUT2D eigenvalue weighted by atomic mass is 16.2. The summed E-state index contributed by atoms with van der Waals surface area (Å²) in [6, 6.07) is 12.2. The SMILES string of the molecule is CC(C)(C)NC(=O)c1cccc(NC(=O)NCCc2ccccn2)c1. The van der Waals surface area contributed by atoms with Crippen LogP contribution in [0.15, 0.2) is 48.7 Å². The van der Waals surface area contributed by atoms with E-state index in [1.54, 1.807) is 30.5 Å². The first-order valence-corrected chi connectivity index (χ1v) is 8.21. The van der Waals surface area contributed by atoms with E-state index in [2.05, 4.69) is 20.9 Å². The molecule has 0 bridgehead atoms. The van der Waals surface area contributed by atoms with Gasteiger partial charge in [0.15, 0.2) is 0 Å². The second-order valence-electron chi connectivity index (χ2n) is 6.74. The zero-order chi connectivity index (χ0) is 18.3. The first-order chi connectivity index (χ1) is 11.8. The molecular weight excluding hydrogens is 316 g/mol. The summed E-state index contributed by atoms with van der Waals surface area (Å²) in [6.07, 6.45) is 2.38. The molecule has 1 aromatic heterocycles. The molecule has 0 unspecified atom stereocenters. The lowest BCUT2D eigenvalue weighted by Crippen LogP contribution is -2.40. The third kappa shape index (κ3) is 6.63. The molecule has 2 rings (SSSR count). The highest BCUT2D eigenvalue weighted by Crippen LogP contribution is 2.12. The Morgan fingerprint density at radius 2 is 1.88 bits per heavy atom. The van der Waals surface area contributed by atoms with Crippen molar-refractivity contribution in [3.05, 3.63) is 59.9 Å². The van der Waals surface area contributed by atoms with E-state index < -0.39 is 0 Å². The predicted octanol–water partition coefficient (Wildman–Crippen LogP) is 2.97. The van der Waals surface area contributed by atoms with Crippen molar-refractivity contribution in [3.8, 4) is 0 Å². The van der Waals surface area contributed by atoms with Crippen LogP contribution in [-0.2, 0) is 6.42 Å². The van der Waals surface area contributed by atoms with Gasteiger partial charge < -0.3 is 16.0 Å². The smallest absolute Gasteiger partial charge is 0.319 e. The molecule has 0 aliphatic carbocycles. The molecular formula is C19H24N4O2. The molecule has 0 fully saturated rings. The second-order valence-corrected chi connectivity index (χ2v) is 6.74. The number of nitrogens with one attached hydrogen (secondary N) is 3. The fraction of sp³-hybridized carbons (Fsp3) is 0.316. The minimum atomic E-state index is -0.316. The fourth-order valence-electron chi connectivity index (χ4n) is 2.18. The molecule has 1 heterocycles. The predicted molar refractivity (Wildman–Crippen MR) is 98.6 cm³/mol. The van der Waals surface area contributed by atoms with Crippen molar-refractivity contribution < 1.29 is 9.59 Å². The number of amides is 3. The van der Waals surface area contributed by atoms with E-state index in [9.17, 15) is 9.59 Å². The van der Waals surface area contributed by atoms with Gasteiger partial charge in [-0.1, -0.05) is 12.1 Å². The summed E-state index contributed by atoms with van der Waals surface area (Å²) >= 11 is 0. The Bertz CT molecular complexity index is 724. The maximum absolute atomic E-state index is 12.2. The molecule has 0 atom stereocenters. The number of urea groups is 1. The molecule has 0 spiro atoms. The summed E-state index contributed by atoms with van der Waals surface area (Å²) in [5.74, 6) is -0.174. The minimum absolute atomic E-state index is 0.174. The number of aromatic nitrogens is 1. The van der Waals surface area contributed by atoms with Gasteiger partial charge in [-0.15, -0.1) is 0 Å². The molecule has 2 aromatic rings. The molecule has 0 saturated heterocycles. The lowest BCUT2D eigenvalue weighted by atomic mass is 10.1. The molecule has 6 heteroatoms. The molecule has 3 amide bonds. The summed E-state index contributed by atoms with van der Waals surface area (Å²) in [4.78, 5) is 28.4. The standard InChI is InChI=1S/C19H24N4O2/c1-19(2,3)23-17(24)14-7-6-9-16(13-14)22-18(25)21-12-10-15-8-4-5-11-20-15/h4-9,11,13H,10,12H2,1-3H3,(H,23,24)(H2,21,22,25). The van der Waals surface area contributed by atoms with E-state index in [1.807, 2.05) is 39.0 Å². The van der Waals surface area contributed by atoms with Crippen molar-refractivity contribution in [2.45, 2.75) is 32.7 Å². The fourth-order valence-corrected chi connectivity index (χ4v) is 2.18. The summed E-state index contributed by atoms with van der Waals surface area (Å²) in [5.41, 5.74) is 1.67. The maximum Gasteiger partial charge on any atom is 0.319 e. The van der Waals surface area contributed by atoms with E-state index in [-0.39, 0.29) is 17.5 Å². The van der Waals surface area contributed by atoms with Crippen LogP contribution in [0.5, 0.6) is 0 Å². The second kappa shape index (κ2) is 8.28. The average molecular weight is 340 g/mol. The average Bonchev–Trinajstić information content (AvgIpc) is 2.54. The highest BCUT2D eigenvalue weighted by Gasteiger charge is 2.15. The van der Waals surface area contributed by atoms with Gasteiger partial charge in [0, 0.05) is 41.6 Å².